The van der Waals surface area contributed by atoms with E-state index in [0.717, 1.165) is 10.3 Å². The van der Waals surface area contributed by atoms with Crippen LogP contribution in [0.1, 0.15) is 22.7 Å². The Hall–Kier alpha value is -3.66. The van der Waals surface area contributed by atoms with Crippen molar-refractivity contribution in [2.45, 2.75) is 13.0 Å². The van der Waals surface area contributed by atoms with Crippen molar-refractivity contribution in [1.29, 1.82) is 0 Å². The lowest BCUT2D eigenvalue weighted by Gasteiger charge is -2.23. The summed E-state index contributed by atoms with van der Waals surface area (Å²) in [6.45, 7) is 1.87. The van der Waals surface area contributed by atoms with E-state index >= 15 is 0 Å². The third-order valence-corrected chi connectivity index (χ3v) is 7.76. The highest BCUT2D eigenvalue weighted by molar-refractivity contribution is 7.22. The van der Waals surface area contributed by atoms with Gasteiger partial charge in [0.05, 0.1) is 46.6 Å². The number of anilines is 1. The van der Waals surface area contributed by atoms with Gasteiger partial charge in [-0.25, -0.2) is 4.98 Å². The van der Waals surface area contributed by atoms with Gasteiger partial charge in [0.15, 0.2) is 5.13 Å². The van der Waals surface area contributed by atoms with Gasteiger partial charge < -0.3 is 14.6 Å². The minimum atomic E-state index is -1.00. The van der Waals surface area contributed by atoms with Gasteiger partial charge >= 0.3 is 5.91 Å². The van der Waals surface area contributed by atoms with Crippen LogP contribution in [0.25, 0.3) is 16.0 Å². The van der Waals surface area contributed by atoms with E-state index < -0.39 is 23.5 Å². The number of aromatic nitrogens is 2. The smallest absolute Gasteiger partial charge is 0.301 e. The van der Waals surface area contributed by atoms with Gasteiger partial charge in [0.1, 0.15) is 17.3 Å². The van der Waals surface area contributed by atoms with E-state index in [-0.39, 0.29) is 32.8 Å². The van der Waals surface area contributed by atoms with Crippen LogP contribution in [0.2, 0.25) is 10.0 Å². The molecule has 1 fully saturated rings. The Bertz CT molecular complexity index is 1560. The van der Waals surface area contributed by atoms with Crippen molar-refractivity contribution in [3.8, 4) is 11.5 Å². The number of carbonyl (C=O) groups excluding carboxylic acids is 2. The van der Waals surface area contributed by atoms with E-state index in [4.69, 9.17) is 32.7 Å². The number of aliphatic hydroxyl groups is 1. The van der Waals surface area contributed by atoms with Gasteiger partial charge in [-0.15, -0.1) is 0 Å². The first-order valence-electron chi connectivity index (χ1n) is 10.9. The molecule has 1 N–H and O–H groups in total. The summed E-state index contributed by atoms with van der Waals surface area (Å²) in [5.41, 5.74) is 1.96. The van der Waals surface area contributed by atoms with E-state index in [0.29, 0.717) is 16.1 Å². The molecule has 0 bridgehead atoms. The van der Waals surface area contributed by atoms with Gasteiger partial charge in [-0.2, -0.15) is 0 Å². The number of aryl methyl sites for hydroxylation is 1. The Labute approximate surface area is 225 Å². The first-order valence-corrected chi connectivity index (χ1v) is 12.5. The second-order valence-electron chi connectivity index (χ2n) is 8.21. The highest BCUT2D eigenvalue weighted by Crippen LogP contribution is 2.46. The van der Waals surface area contributed by atoms with E-state index in [1.165, 1.54) is 48.8 Å². The fraction of sp³-hybridized carbons (Fsp3) is 0.154. The number of Topliss-reactive ketones (excluding diaryl/α,β-unsaturated/α-hetero) is 1. The minimum absolute atomic E-state index is 0.141. The number of halogens is 2. The average molecular weight is 556 g/mol. The second-order valence-corrected chi connectivity index (χ2v) is 10.0. The number of fused-ring (bicyclic) bond motifs is 1. The topological polar surface area (TPSA) is 102 Å². The Morgan fingerprint density at radius 1 is 1.08 bits per heavy atom. The molecule has 0 radical (unpaired) electrons. The fourth-order valence-corrected chi connectivity index (χ4v) is 5.68. The van der Waals surface area contributed by atoms with Crippen molar-refractivity contribution in [3.63, 3.8) is 0 Å². The summed E-state index contributed by atoms with van der Waals surface area (Å²) in [7, 11) is 2.83. The molecule has 3 heterocycles. The summed E-state index contributed by atoms with van der Waals surface area (Å²) in [4.78, 5) is 36.9. The molecule has 1 aliphatic heterocycles. The number of aliphatic hydroxyl groups excluding tert-OH is 1. The number of thiazole rings is 1. The molecule has 2 aromatic carbocycles. The predicted molar refractivity (Wildman–Crippen MR) is 143 cm³/mol. The highest BCUT2D eigenvalue weighted by Gasteiger charge is 2.48. The molecular formula is C26H19Cl2N3O5S. The van der Waals surface area contributed by atoms with Crippen LogP contribution < -0.4 is 14.4 Å². The first-order chi connectivity index (χ1) is 17.7. The summed E-state index contributed by atoms with van der Waals surface area (Å²) in [6, 6.07) is 8.90. The number of hydrogen-bond acceptors (Lipinski definition) is 8. The third kappa shape index (κ3) is 4.19. The quantitative estimate of drug-likeness (QED) is 0.184. The molecule has 4 aromatic rings. The molecule has 11 heteroatoms. The lowest BCUT2D eigenvalue weighted by atomic mass is 9.96. The predicted octanol–water partition coefficient (Wildman–Crippen LogP) is 5.95. The van der Waals surface area contributed by atoms with Crippen LogP contribution in [0.3, 0.4) is 0 Å². The maximum absolute atomic E-state index is 13.5. The molecule has 0 saturated carbocycles. The van der Waals surface area contributed by atoms with Crippen molar-refractivity contribution >= 4 is 67.3 Å². The number of benzene rings is 2. The summed E-state index contributed by atoms with van der Waals surface area (Å²) in [5, 5.41) is 12.6. The number of carbonyl (C=O) groups is 2. The number of amides is 1. The molecule has 1 amide bonds. The van der Waals surface area contributed by atoms with Crippen LogP contribution in [0.15, 0.2) is 54.4 Å². The molecule has 1 unspecified atom stereocenters. The Kier molecular flexibility index (Phi) is 6.53. The summed E-state index contributed by atoms with van der Waals surface area (Å²) < 4.78 is 11.5. The lowest BCUT2D eigenvalue weighted by Crippen LogP contribution is -2.29. The van der Waals surface area contributed by atoms with E-state index in [1.54, 1.807) is 24.4 Å². The van der Waals surface area contributed by atoms with Crippen LogP contribution in [0, 0.1) is 6.92 Å². The van der Waals surface area contributed by atoms with Crippen LogP contribution in [-0.4, -0.2) is 41.0 Å². The van der Waals surface area contributed by atoms with Gasteiger partial charge in [-0.1, -0.05) is 40.6 Å². The van der Waals surface area contributed by atoms with Crippen molar-refractivity contribution in [2.24, 2.45) is 0 Å². The first kappa shape index (κ1) is 25.0. The Morgan fingerprint density at radius 3 is 2.51 bits per heavy atom. The molecule has 1 aliphatic rings. The van der Waals surface area contributed by atoms with Crippen LogP contribution in [0.4, 0.5) is 5.13 Å². The average Bonchev–Trinajstić information content (AvgIpc) is 3.41. The van der Waals surface area contributed by atoms with Gasteiger partial charge in [-0.05, 0) is 42.3 Å². The zero-order valence-electron chi connectivity index (χ0n) is 19.8. The standard InChI is InChI=1S/C26H19Cl2N3O5S/c1-12-7-20-17(9-15(12)27)30-26(37-20)31-22(13-5-4-6-29-11-13)21(24(33)25(31)34)23(32)14-8-19(36-3)16(28)10-18(14)35-2/h4-11,22,32H,1-3H3/b23-21+. The zero-order valence-corrected chi connectivity index (χ0v) is 22.1. The zero-order chi connectivity index (χ0) is 26.4. The monoisotopic (exact) mass is 555 g/mol. The fourth-order valence-electron chi connectivity index (χ4n) is 4.21. The lowest BCUT2D eigenvalue weighted by molar-refractivity contribution is -0.132. The van der Waals surface area contributed by atoms with E-state index in [1.807, 2.05) is 13.0 Å². The molecule has 188 valence electrons. The largest absolute Gasteiger partial charge is 0.507 e. The molecule has 8 nitrogen and oxygen atoms in total. The summed E-state index contributed by atoms with van der Waals surface area (Å²) in [5.74, 6) is -1.70. The molecular weight excluding hydrogens is 537 g/mol. The van der Waals surface area contributed by atoms with Crippen molar-refractivity contribution in [3.05, 3.63) is 81.1 Å². The molecule has 1 atom stereocenters. The minimum Gasteiger partial charge on any atom is -0.507 e. The second kappa shape index (κ2) is 9.66. The highest BCUT2D eigenvalue weighted by atomic mass is 35.5. The number of pyridine rings is 1. The van der Waals surface area contributed by atoms with Gasteiger partial charge in [0.25, 0.3) is 5.78 Å². The number of hydrogen-bond donors (Lipinski definition) is 1. The van der Waals surface area contributed by atoms with E-state index in [2.05, 4.69) is 9.97 Å². The number of ketones is 1. The number of nitrogens with zero attached hydrogens (tertiary/aromatic N) is 3. The summed E-state index contributed by atoms with van der Waals surface area (Å²) >= 11 is 13.8. The number of ether oxygens (including phenoxy) is 2. The SMILES string of the molecule is COc1cc(/C(O)=C2\C(=O)C(=O)N(c3nc4cc(Cl)c(C)cc4s3)C2c2cccnc2)c(OC)cc1Cl. The van der Waals surface area contributed by atoms with Gasteiger partial charge in [0, 0.05) is 23.5 Å². The molecule has 5 rings (SSSR count). The number of rotatable bonds is 5. The van der Waals surface area contributed by atoms with E-state index in [9.17, 15) is 14.7 Å². The van der Waals surface area contributed by atoms with Crippen molar-refractivity contribution < 1.29 is 24.2 Å². The molecule has 0 spiro atoms. The molecule has 1 saturated heterocycles. The van der Waals surface area contributed by atoms with Crippen LogP contribution in [0.5, 0.6) is 11.5 Å². The maximum Gasteiger partial charge on any atom is 0.301 e. The summed E-state index contributed by atoms with van der Waals surface area (Å²) in [6.07, 6.45) is 3.11. The normalized spacial score (nSPS) is 17.0. The number of methoxy groups -OCH3 is 2. The Balaban J connectivity index is 1.76. The van der Waals surface area contributed by atoms with Crippen molar-refractivity contribution in [2.75, 3.05) is 19.1 Å². The molecule has 37 heavy (non-hydrogen) atoms. The third-order valence-electron chi connectivity index (χ3n) is 6.04. The van der Waals surface area contributed by atoms with Crippen LogP contribution in [-0.2, 0) is 9.59 Å². The van der Waals surface area contributed by atoms with Gasteiger partial charge in [0.2, 0.25) is 0 Å². The maximum atomic E-state index is 13.5. The van der Waals surface area contributed by atoms with Crippen LogP contribution >= 0.6 is 34.5 Å². The van der Waals surface area contributed by atoms with Crippen molar-refractivity contribution in [1.82, 2.24) is 9.97 Å². The molecule has 0 aliphatic carbocycles. The van der Waals surface area contributed by atoms with Gasteiger partial charge in [-0.3, -0.25) is 19.5 Å². The molecule has 2 aromatic heterocycles. The Morgan fingerprint density at radius 2 is 1.84 bits per heavy atom.